The second-order valence-corrected chi connectivity index (χ2v) is 4.35. The monoisotopic (exact) mass is 270 g/mol. The quantitative estimate of drug-likeness (QED) is 0.598. The molecule has 2 aromatic rings. The fraction of sp³-hybridized carbons (Fsp3) is 0.667. The van der Waals surface area contributed by atoms with Gasteiger partial charge in [-0.25, -0.2) is 9.67 Å². The maximum absolute atomic E-state index is 5.97. The smallest absolute Gasteiger partial charge is 0.159 e. The van der Waals surface area contributed by atoms with Gasteiger partial charge in [0.1, 0.15) is 11.3 Å². The van der Waals surface area contributed by atoms with E-state index in [9.17, 15) is 0 Å². The molecular formula is C12H19ClN4O. The number of aryl methyl sites for hydroxylation is 2. The molecule has 100 valence electrons. The molecular weight excluding hydrogens is 252 g/mol. The van der Waals surface area contributed by atoms with E-state index in [4.69, 9.17) is 16.3 Å². The van der Waals surface area contributed by atoms with E-state index in [2.05, 4.69) is 21.6 Å². The second-order valence-electron chi connectivity index (χ2n) is 4.08. The van der Waals surface area contributed by atoms with Gasteiger partial charge in [-0.2, -0.15) is 5.10 Å². The van der Waals surface area contributed by atoms with Gasteiger partial charge in [0, 0.05) is 19.7 Å². The third kappa shape index (κ3) is 2.24. The van der Waals surface area contributed by atoms with Crippen LogP contribution in [-0.2, 0) is 23.7 Å². The summed E-state index contributed by atoms with van der Waals surface area (Å²) in [4.78, 5) is 4.57. The van der Waals surface area contributed by atoms with Crippen LogP contribution in [0.2, 0.25) is 0 Å². The Balaban J connectivity index is 2.45. The van der Waals surface area contributed by atoms with E-state index in [1.807, 2.05) is 18.5 Å². The maximum atomic E-state index is 5.97. The molecule has 0 aliphatic carbocycles. The van der Waals surface area contributed by atoms with Crippen molar-refractivity contribution in [3.8, 4) is 0 Å². The molecule has 0 aliphatic heterocycles. The van der Waals surface area contributed by atoms with Crippen LogP contribution in [0.4, 0.5) is 0 Å². The number of rotatable bonds is 6. The number of imidazole rings is 1. The number of fused-ring (bicyclic) bond motifs is 1. The molecule has 0 atom stereocenters. The van der Waals surface area contributed by atoms with E-state index in [-0.39, 0.29) is 0 Å². The summed E-state index contributed by atoms with van der Waals surface area (Å²) in [7, 11) is 0. The van der Waals surface area contributed by atoms with E-state index in [0.29, 0.717) is 12.5 Å². The third-order valence-electron chi connectivity index (χ3n) is 2.96. The molecule has 2 rings (SSSR count). The van der Waals surface area contributed by atoms with Crippen molar-refractivity contribution in [1.29, 1.82) is 0 Å². The van der Waals surface area contributed by atoms with Crippen LogP contribution in [0.15, 0.2) is 0 Å². The molecule has 6 heteroatoms. The van der Waals surface area contributed by atoms with Gasteiger partial charge in [-0.3, -0.25) is 0 Å². The Morgan fingerprint density at radius 3 is 2.72 bits per heavy atom. The first kappa shape index (κ1) is 13.4. The van der Waals surface area contributed by atoms with E-state index in [1.54, 1.807) is 0 Å². The standard InChI is InChI=1S/C12H19ClN4O/c1-4-17-12-11(9(3)15-17)14-10(8-13)16(12)6-7-18-5-2/h4-8H2,1-3H3. The first-order valence-electron chi connectivity index (χ1n) is 6.29. The Morgan fingerprint density at radius 1 is 1.33 bits per heavy atom. The summed E-state index contributed by atoms with van der Waals surface area (Å²) in [6.07, 6.45) is 0. The van der Waals surface area contributed by atoms with Gasteiger partial charge in [0.05, 0.1) is 18.2 Å². The lowest BCUT2D eigenvalue weighted by molar-refractivity contribution is 0.139. The minimum Gasteiger partial charge on any atom is -0.380 e. The van der Waals surface area contributed by atoms with Crippen LogP contribution in [0.5, 0.6) is 0 Å². The minimum absolute atomic E-state index is 0.407. The van der Waals surface area contributed by atoms with Gasteiger partial charge in [0.2, 0.25) is 0 Å². The number of hydrogen-bond donors (Lipinski definition) is 0. The summed E-state index contributed by atoms with van der Waals surface area (Å²) in [6.45, 7) is 9.02. The van der Waals surface area contributed by atoms with Crippen molar-refractivity contribution in [1.82, 2.24) is 19.3 Å². The Hall–Kier alpha value is -1.07. The number of halogens is 1. The summed E-state index contributed by atoms with van der Waals surface area (Å²) in [6, 6.07) is 0. The van der Waals surface area contributed by atoms with Crippen LogP contribution in [0.25, 0.3) is 11.2 Å². The number of ether oxygens (including phenoxy) is 1. The van der Waals surface area contributed by atoms with Crippen LogP contribution in [0, 0.1) is 6.92 Å². The highest BCUT2D eigenvalue weighted by atomic mass is 35.5. The van der Waals surface area contributed by atoms with E-state index >= 15 is 0 Å². The Bertz CT molecular complexity index is 532. The number of aromatic nitrogens is 4. The van der Waals surface area contributed by atoms with Gasteiger partial charge >= 0.3 is 0 Å². The van der Waals surface area contributed by atoms with Crippen molar-refractivity contribution >= 4 is 22.8 Å². The molecule has 0 aliphatic rings. The molecule has 0 amide bonds. The minimum atomic E-state index is 0.407. The van der Waals surface area contributed by atoms with Crippen molar-refractivity contribution in [2.24, 2.45) is 0 Å². The number of nitrogens with zero attached hydrogens (tertiary/aromatic N) is 4. The normalized spacial score (nSPS) is 11.6. The summed E-state index contributed by atoms with van der Waals surface area (Å²) in [5, 5.41) is 4.48. The second kappa shape index (κ2) is 5.71. The zero-order valence-corrected chi connectivity index (χ0v) is 11.9. The summed E-state index contributed by atoms with van der Waals surface area (Å²) >= 11 is 5.97. The molecule has 0 saturated heterocycles. The lowest BCUT2D eigenvalue weighted by Gasteiger charge is -2.08. The zero-order valence-electron chi connectivity index (χ0n) is 11.1. The maximum Gasteiger partial charge on any atom is 0.159 e. The van der Waals surface area contributed by atoms with Crippen molar-refractivity contribution in [2.45, 2.75) is 39.7 Å². The van der Waals surface area contributed by atoms with Crippen LogP contribution in [0.3, 0.4) is 0 Å². The fourth-order valence-corrected chi connectivity index (χ4v) is 2.33. The Labute approximate surface area is 112 Å². The highest BCUT2D eigenvalue weighted by Gasteiger charge is 2.17. The number of hydrogen-bond acceptors (Lipinski definition) is 3. The summed E-state index contributed by atoms with van der Waals surface area (Å²) in [5.74, 6) is 1.29. The third-order valence-corrected chi connectivity index (χ3v) is 3.20. The lowest BCUT2D eigenvalue weighted by Crippen LogP contribution is -2.12. The average Bonchev–Trinajstić information content (AvgIpc) is 2.88. The molecule has 0 bridgehead atoms. The first-order valence-corrected chi connectivity index (χ1v) is 6.82. The Kier molecular flexibility index (Phi) is 4.24. The summed E-state index contributed by atoms with van der Waals surface area (Å²) < 4.78 is 9.50. The van der Waals surface area contributed by atoms with E-state index in [0.717, 1.165) is 42.4 Å². The van der Waals surface area contributed by atoms with Crippen molar-refractivity contribution in [2.75, 3.05) is 13.2 Å². The molecule has 0 aromatic carbocycles. The zero-order chi connectivity index (χ0) is 13.1. The highest BCUT2D eigenvalue weighted by Crippen LogP contribution is 2.20. The van der Waals surface area contributed by atoms with Gasteiger partial charge in [-0.05, 0) is 20.8 Å². The van der Waals surface area contributed by atoms with Gasteiger partial charge in [0.15, 0.2) is 5.65 Å². The predicted molar refractivity (Wildman–Crippen MR) is 72.0 cm³/mol. The molecule has 2 heterocycles. The van der Waals surface area contributed by atoms with E-state index < -0.39 is 0 Å². The Morgan fingerprint density at radius 2 is 2.11 bits per heavy atom. The first-order chi connectivity index (χ1) is 8.72. The molecule has 18 heavy (non-hydrogen) atoms. The molecule has 0 unspecified atom stereocenters. The molecule has 0 radical (unpaired) electrons. The molecule has 0 N–H and O–H groups in total. The topological polar surface area (TPSA) is 44.9 Å². The SMILES string of the molecule is CCOCCn1c(CCl)nc2c(C)nn(CC)c21. The van der Waals surface area contributed by atoms with Crippen LogP contribution in [-0.4, -0.2) is 32.5 Å². The molecule has 0 saturated carbocycles. The van der Waals surface area contributed by atoms with Crippen LogP contribution >= 0.6 is 11.6 Å². The molecule has 2 aromatic heterocycles. The predicted octanol–water partition coefficient (Wildman–Crippen LogP) is 2.34. The molecule has 0 fully saturated rings. The summed E-state index contributed by atoms with van der Waals surface area (Å²) in [5.41, 5.74) is 2.95. The van der Waals surface area contributed by atoms with Crippen LogP contribution < -0.4 is 0 Å². The van der Waals surface area contributed by atoms with Gasteiger partial charge in [0.25, 0.3) is 0 Å². The van der Waals surface area contributed by atoms with Gasteiger partial charge in [-0.15, -0.1) is 11.6 Å². The lowest BCUT2D eigenvalue weighted by atomic mass is 10.4. The molecule has 5 nitrogen and oxygen atoms in total. The van der Waals surface area contributed by atoms with Gasteiger partial charge in [-0.1, -0.05) is 0 Å². The van der Waals surface area contributed by atoms with Gasteiger partial charge < -0.3 is 9.30 Å². The highest BCUT2D eigenvalue weighted by molar-refractivity contribution is 6.16. The van der Waals surface area contributed by atoms with Crippen molar-refractivity contribution < 1.29 is 4.74 Å². The molecule has 0 spiro atoms. The van der Waals surface area contributed by atoms with E-state index in [1.165, 1.54) is 0 Å². The fourth-order valence-electron chi connectivity index (χ4n) is 2.13. The average molecular weight is 271 g/mol. The van der Waals surface area contributed by atoms with Crippen molar-refractivity contribution in [3.05, 3.63) is 11.5 Å². The van der Waals surface area contributed by atoms with Crippen molar-refractivity contribution in [3.63, 3.8) is 0 Å². The largest absolute Gasteiger partial charge is 0.380 e. The number of alkyl halides is 1. The van der Waals surface area contributed by atoms with Crippen LogP contribution in [0.1, 0.15) is 25.4 Å².